The number of carbonyl (C=O) groups excluding carboxylic acids is 1. The summed E-state index contributed by atoms with van der Waals surface area (Å²) in [6.45, 7) is 5.66. The summed E-state index contributed by atoms with van der Waals surface area (Å²) in [6, 6.07) is 4.10. The Kier molecular flexibility index (Phi) is 3.72. The second kappa shape index (κ2) is 4.45. The molecule has 78 valence electrons. The fourth-order valence-electron chi connectivity index (χ4n) is 0.977. The molecule has 4 heteroatoms. The number of carbonyl (C=O) groups is 1. The number of hydrogen-bond acceptors (Lipinski definition) is 2. The SMILES string of the molecule is C[C@H](NC(=O)C(C)(C)Br)c1cccs1. The van der Waals surface area contributed by atoms with Crippen molar-refractivity contribution in [1.29, 1.82) is 0 Å². The molecule has 1 heterocycles. The van der Waals surface area contributed by atoms with E-state index in [2.05, 4.69) is 21.2 Å². The first-order valence-electron chi connectivity index (χ1n) is 4.44. The highest BCUT2D eigenvalue weighted by Gasteiger charge is 2.25. The largest absolute Gasteiger partial charge is 0.348 e. The quantitative estimate of drug-likeness (QED) is 0.844. The maximum Gasteiger partial charge on any atom is 0.236 e. The van der Waals surface area contributed by atoms with Crippen LogP contribution in [-0.2, 0) is 4.79 Å². The lowest BCUT2D eigenvalue weighted by Crippen LogP contribution is -2.38. The lowest BCUT2D eigenvalue weighted by Gasteiger charge is -2.19. The highest BCUT2D eigenvalue weighted by Crippen LogP contribution is 2.21. The summed E-state index contributed by atoms with van der Waals surface area (Å²) in [5.74, 6) is 0.0124. The summed E-state index contributed by atoms with van der Waals surface area (Å²) in [5, 5.41) is 4.96. The van der Waals surface area contributed by atoms with Crippen molar-refractivity contribution < 1.29 is 4.79 Å². The molecule has 1 amide bonds. The van der Waals surface area contributed by atoms with Gasteiger partial charge in [-0.2, -0.15) is 0 Å². The van der Waals surface area contributed by atoms with Gasteiger partial charge in [0, 0.05) is 4.88 Å². The predicted molar refractivity (Wildman–Crippen MR) is 63.9 cm³/mol. The molecule has 0 unspecified atom stereocenters. The second-order valence-electron chi connectivity index (χ2n) is 3.68. The molecule has 0 saturated heterocycles. The van der Waals surface area contributed by atoms with Crippen molar-refractivity contribution in [2.24, 2.45) is 0 Å². The molecule has 0 spiro atoms. The van der Waals surface area contributed by atoms with Crippen molar-refractivity contribution in [1.82, 2.24) is 5.32 Å². The first-order valence-corrected chi connectivity index (χ1v) is 6.12. The van der Waals surface area contributed by atoms with Gasteiger partial charge in [0.2, 0.25) is 5.91 Å². The number of rotatable bonds is 3. The van der Waals surface area contributed by atoms with Gasteiger partial charge in [-0.05, 0) is 32.2 Å². The molecule has 0 radical (unpaired) electrons. The van der Waals surface area contributed by atoms with Crippen LogP contribution in [0.5, 0.6) is 0 Å². The Labute approximate surface area is 96.8 Å². The summed E-state index contributed by atoms with van der Waals surface area (Å²) >= 11 is 4.98. The number of amides is 1. The van der Waals surface area contributed by atoms with Crippen molar-refractivity contribution in [2.75, 3.05) is 0 Å². The molecule has 2 nitrogen and oxygen atoms in total. The smallest absolute Gasteiger partial charge is 0.236 e. The molecule has 1 aromatic heterocycles. The van der Waals surface area contributed by atoms with Crippen molar-refractivity contribution in [2.45, 2.75) is 31.1 Å². The first kappa shape index (κ1) is 11.7. The van der Waals surface area contributed by atoms with Crippen molar-refractivity contribution in [3.05, 3.63) is 22.4 Å². The summed E-state index contributed by atoms with van der Waals surface area (Å²) in [5.41, 5.74) is 0. The third kappa shape index (κ3) is 3.10. The third-order valence-corrected chi connectivity index (χ3v) is 3.27. The number of halogens is 1. The molecule has 0 bridgehead atoms. The highest BCUT2D eigenvalue weighted by atomic mass is 79.9. The molecule has 0 aromatic carbocycles. The van der Waals surface area contributed by atoms with Gasteiger partial charge in [0.05, 0.1) is 10.4 Å². The van der Waals surface area contributed by atoms with E-state index in [1.165, 1.54) is 4.88 Å². The Hall–Kier alpha value is -0.350. The van der Waals surface area contributed by atoms with Gasteiger partial charge < -0.3 is 5.32 Å². The van der Waals surface area contributed by atoms with Crippen LogP contribution in [-0.4, -0.2) is 10.2 Å². The van der Waals surface area contributed by atoms with E-state index in [4.69, 9.17) is 0 Å². The van der Waals surface area contributed by atoms with Gasteiger partial charge in [-0.3, -0.25) is 4.79 Å². The van der Waals surface area contributed by atoms with Crippen molar-refractivity contribution in [3.63, 3.8) is 0 Å². The van der Waals surface area contributed by atoms with Crippen LogP contribution in [0.25, 0.3) is 0 Å². The lowest BCUT2D eigenvalue weighted by molar-refractivity contribution is -0.123. The Morgan fingerprint density at radius 2 is 2.29 bits per heavy atom. The van der Waals surface area contributed by atoms with Gasteiger partial charge >= 0.3 is 0 Å². The number of hydrogen-bond donors (Lipinski definition) is 1. The molecule has 1 atom stereocenters. The Morgan fingerprint density at radius 3 is 2.71 bits per heavy atom. The zero-order chi connectivity index (χ0) is 10.8. The maximum absolute atomic E-state index is 11.6. The average Bonchev–Trinajstić information content (AvgIpc) is 2.53. The van der Waals surface area contributed by atoms with E-state index in [0.717, 1.165) is 0 Å². The van der Waals surface area contributed by atoms with Crippen LogP contribution in [0.4, 0.5) is 0 Å². The lowest BCUT2D eigenvalue weighted by atomic mass is 10.2. The third-order valence-electron chi connectivity index (χ3n) is 1.86. The average molecular weight is 276 g/mol. The summed E-state index contributed by atoms with van der Waals surface area (Å²) < 4.78 is -0.501. The molecule has 0 aliphatic rings. The topological polar surface area (TPSA) is 29.1 Å². The molecule has 0 aliphatic heterocycles. The van der Waals surface area contributed by atoms with Crippen LogP contribution in [0.3, 0.4) is 0 Å². The van der Waals surface area contributed by atoms with Gasteiger partial charge in [-0.25, -0.2) is 0 Å². The van der Waals surface area contributed by atoms with E-state index >= 15 is 0 Å². The van der Waals surface area contributed by atoms with Crippen LogP contribution in [0.1, 0.15) is 31.7 Å². The van der Waals surface area contributed by atoms with E-state index < -0.39 is 4.32 Å². The van der Waals surface area contributed by atoms with E-state index in [0.29, 0.717) is 0 Å². The predicted octanol–water partition coefficient (Wildman–Crippen LogP) is 3.10. The molecule has 14 heavy (non-hydrogen) atoms. The number of nitrogens with one attached hydrogen (secondary N) is 1. The minimum absolute atomic E-state index is 0.0124. The van der Waals surface area contributed by atoms with Crippen LogP contribution in [0.15, 0.2) is 17.5 Å². The molecule has 1 N–H and O–H groups in total. The fourth-order valence-corrected chi connectivity index (χ4v) is 1.83. The van der Waals surface area contributed by atoms with E-state index in [-0.39, 0.29) is 11.9 Å². The van der Waals surface area contributed by atoms with Gasteiger partial charge in [0.25, 0.3) is 0 Å². The van der Waals surface area contributed by atoms with E-state index in [1.807, 2.05) is 38.3 Å². The van der Waals surface area contributed by atoms with Gasteiger partial charge in [-0.15, -0.1) is 11.3 Å². The minimum atomic E-state index is -0.501. The summed E-state index contributed by atoms with van der Waals surface area (Å²) in [7, 11) is 0. The standard InChI is InChI=1S/C10H14BrNOS/c1-7(8-5-4-6-14-8)12-9(13)10(2,3)11/h4-7H,1-3H3,(H,12,13)/t7-/m0/s1. The Morgan fingerprint density at radius 1 is 1.64 bits per heavy atom. The van der Waals surface area contributed by atoms with Crippen LogP contribution in [0, 0.1) is 0 Å². The van der Waals surface area contributed by atoms with Gasteiger partial charge in [0.15, 0.2) is 0 Å². The van der Waals surface area contributed by atoms with Crippen LogP contribution in [0.2, 0.25) is 0 Å². The molecule has 0 saturated carbocycles. The Bertz CT molecular complexity index is 302. The molecule has 0 aliphatic carbocycles. The number of thiophene rings is 1. The van der Waals surface area contributed by atoms with E-state index in [9.17, 15) is 4.79 Å². The maximum atomic E-state index is 11.6. The summed E-state index contributed by atoms with van der Waals surface area (Å²) in [6.07, 6.45) is 0. The zero-order valence-electron chi connectivity index (χ0n) is 8.50. The first-order chi connectivity index (χ1) is 6.41. The van der Waals surface area contributed by atoms with E-state index in [1.54, 1.807) is 11.3 Å². The molecular formula is C10H14BrNOS. The van der Waals surface area contributed by atoms with Crippen molar-refractivity contribution in [3.8, 4) is 0 Å². The summed E-state index contributed by atoms with van der Waals surface area (Å²) in [4.78, 5) is 12.8. The molecule has 1 rings (SSSR count). The molecule has 0 fully saturated rings. The van der Waals surface area contributed by atoms with Crippen LogP contribution >= 0.6 is 27.3 Å². The highest BCUT2D eigenvalue weighted by molar-refractivity contribution is 9.10. The fraction of sp³-hybridized carbons (Fsp3) is 0.500. The monoisotopic (exact) mass is 275 g/mol. The molecule has 1 aromatic rings. The molecular weight excluding hydrogens is 262 g/mol. The van der Waals surface area contributed by atoms with Gasteiger partial charge in [0.1, 0.15) is 0 Å². The number of alkyl halides is 1. The van der Waals surface area contributed by atoms with Crippen LogP contribution < -0.4 is 5.32 Å². The normalized spacial score (nSPS) is 13.7. The zero-order valence-corrected chi connectivity index (χ0v) is 10.9. The van der Waals surface area contributed by atoms with Crippen molar-refractivity contribution >= 4 is 33.2 Å². The minimum Gasteiger partial charge on any atom is -0.348 e. The Balaban J connectivity index is 2.58. The van der Waals surface area contributed by atoms with Gasteiger partial charge in [-0.1, -0.05) is 22.0 Å². The second-order valence-corrected chi connectivity index (χ2v) is 6.64.